The van der Waals surface area contributed by atoms with Gasteiger partial charge in [-0.3, -0.25) is 4.79 Å². The average Bonchev–Trinajstić information content (AvgIpc) is 2.38. The van der Waals surface area contributed by atoms with Crippen LogP contribution in [0.4, 0.5) is 0 Å². The molecule has 3 N–H and O–H groups in total. The van der Waals surface area contributed by atoms with Gasteiger partial charge in [-0.15, -0.1) is 0 Å². The molecular formula is C15H24N2O2. The van der Waals surface area contributed by atoms with Crippen LogP contribution < -0.4 is 15.8 Å². The molecule has 0 aliphatic carbocycles. The van der Waals surface area contributed by atoms with Crippen LogP contribution in [0.15, 0.2) is 24.3 Å². The quantitative estimate of drug-likeness (QED) is 0.828. The second kappa shape index (κ2) is 7.14. The number of methoxy groups -OCH3 is 1. The van der Waals surface area contributed by atoms with E-state index in [0.717, 1.165) is 11.3 Å². The smallest absolute Gasteiger partial charge is 0.222 e. The van der Waals surface area contributed by atoms with Crippen LogP contribution >= 0.6 is 0 Å². The lowest BCUT2D eigenvalue weighted by Gasteiger charge is -2.20. The minimum Gasteiger partial charge on any atom is -0.496 e. The predicted octanol–water partition coefficient (Wildman–Crippen LogP) is 2.25. The molecule has 2 atom stereocenters. The molecule has 1 amide bonds. The Hall–Kier alpha value is -1.55. The van der Waals surface area contributed by atoms with E-state index in [1.807, 2.05) is 45.0 Å². The standard InChI is InChI=1S/C15H24N2O2/c1-10(2)13(16)9-15(18)17-11(3)12-7-5-6-8-14(12)19-4/h5-8,10-11,13H,9,16H2,1-4H3,(H,17,18)/t11-,13?/m0/s1. The molecule has 1 unspecified atom stereocenters. The first-order valence-corrected chi connectivity index (χ1v) is 6.63. The fraction of sp³-hybridized carbons (Fsp3) is 0.533. The molecule has 0 saturated carbocycles. The lowest BCUT2D eigenvalue weighted by molar-refractivity contribution is -0.122. The number of nitrogens with one attached hydrogen (secondary N) is 1. The Morgan fingerprint density at radius 1 is 1.32 bits per heavy atom. The number of carbonyl (C=O) groups is 1. The van der Waals surface area contributed by atoms with E-state index in [-0.39, 0.29) is 18.0 Å². The number of hydrogen-bond donors (Lipinski definition) is 2. The minimum atomic E-state index is -0.107. The highest BCUT2D eigenvalue weighted by Crippen LogP contribution is 2.24. The van der Waals surface area contributed by atoms with Gasteiger partial charge in [0.25, 0.3) is 0 Å². The van der Waals surface area contributed by atoms with Gasteiger partial charge in [0.1, 0.15) is 5.75 Å². The zero-order valence-corrected chi connectivity index (χ0v) is 12.1. The molecule has 4 nitrogen and oxygen atoms in total. The number of rotatable bonds is 6. The molecule has 0 saturated heterocycles. The fourth-order valence-electron chi connectivity index (χ4n) is 1.85. The van der Waals surface area contributed by atoms with E-state index in [9.17, 15) is 4.79 Å². The molecule has 1 aromatic carbocycles. The Balaban J connectivity index is 2.64. The van der Waals surface area contributed by atoms with Gasteiger partial charge in [0.05, 0.1) is 13.2 Å². The van der Waals surface area contributed by atoms with Crippen LogP contribution in [-0.2, 0) is 4.79 Å². The third-order valence-electron chi connectivity index (χ3n) is 3.26. The third kappa shape index (κ3) is 4.56. The van der Waals surface area contributed by atoms with Crippen LogP contribution in [0.5, 0.6) is 5.75 Å². The zero-order valence-electron chi connectivity index (χ0n) is 12.1. The molecule has 0 fully saturated rings. The molecule has 0 radical (unpaired) electrons. The molecule has 1 aromatic rings. The van der Waals surface area contributed by atoms with E-state index in [0.29, 0.717) is 12.3 Å². The lowest BCUT2D eigenvalue weighted by atomic mass is 10.0. The van der Waals surface area contributed by atoms with Crippen molar-refractivity contribution < 1.29 is 9.53 Å². The van der Waals surface area contributed by atoms with E-state index < -0.39 is 0 Å². The molecule has 0 spiro atoms. The molecule has 0 aliphatic heterocycles. The van der Waals surface area contributed by atoms with Crippen molar-refractivity contribution in [1.29, 1.82) is 0 Å². The average molecular weight is 264 g/mol. The van der Waals surface area contributed by atoms with Gasteiger partial charge in [-0.2, -0.15) is 0 Å². The van der Waals surface area contributed by atoms with Gasteiger partial charge in [-0.25, -0.2) is 0 Å². The summed E-state index contributed by atoms with van der Waals surface area (Å²) in [4.78, 5) is 11.9. The maximum Gasteiger partial charge on any atom is 0.222 e. The summed E-state index contributed by atoms with van der Waals surface area (Å²) in [6.45, 7) is 5.97. The van der Waals surface area contributed by atoms with Gasteiger partial charge in [-0.1, -0.05) is 32.0 Å². The van der Waals surface area contributed by atoms with Crippen molar-refractivity contribution in [1.82, 2.24) is 5.32 Å². The number of para-hydroxylation sites is 1. The summed E-state index contributed by atoms with van der Waals surface area (Å²) >= 11 is 0. The molecule has 0 aromatic heterocycles. The van der Waals surface area contributed by atoms with E-state index in [2.05, 4.69) is 5.32 Å². The first-order chi connectivity index (χ1) is 8.95. The third-order valence-corrected chi connectivity index (χ3v) is 3.26. The largest absolute Gasteiger partial charge is 0.496 e. The van der Waals surface area contributed by atoms with Gasteiger partial charge in [0.2, 0.25) is 5.91 Å². The van der Waals surface area contributed by atoms with Crippen LogP contribution in [0.3, 0.4) is 0 Å². The second-order valence-electron chi connectivity index (χ2n) is 5.14. The molecule has 1 rings (SSSR count). The van der Waals surface area contributed by atoms with E-state index in [4.69, 9.17) is 10.5 Å². The molecule has 0 aliphatic rings. The van der Waals surface area contributed by atoms with Crippen molar-refractivity contribution in [2.45, 2.75) is 39.3 Å². The van der Waals surface area contributed by atoms with Crippen LogP contribution in [0.1, 0.15) is 38.8 Å². The number of amides is 1. The van der Waals surface area contributed by atoms with E-state index in [1.54, 1.807) is 7.11 Å². The number of hydrogen-bond acceptors (Lipinski definition) is 3. The predicted molar refractivity (Wildman–Crippen MR) is 77.0 cm³/mol. The number of ether oxygens (including phenoxy) is 1. The maximum absolute atomic E-state index is 11.9. The highest BCUT2D eigenvalue weighted by atomic mass is 16.5. The lowest BCUT2D eigenvalue weighted by Crippen LogP contribution is -2.35. The molecule has 4 heteroatoms. The van der Waals surface area contributed by atoms with Gasteiger partial charge >= 0.3 is 0 Å². The Bertz CT molecular complexity index is 418. The summed E-state index contributed by atoms with van der Waals surface area (Å²) in [7, 11) is 1.63. The van der Waals surface area contributed by atoms with Gasteiger partial charge in [-0.05, 0) is 18.9 Å². The van der Waals surface area contributed by atoms with Gasteiger partial charge in [0, 0.05) is 18.0 Å². The van der Waals surface area contributed by atoms with E-state index >= 15 is 0 Å². The van der Waals surface area contributed by atoms with Crippen LogP contribution in [-0.4, -0.2) is 19.1 Å². The summed E-state index contributed by atoms with van der Waals surface area (Å²) in [6.07, 6.45) is 0.344. The summed E-state index contributed by atoms with van der Waals surface area (Å²) in [5, 5.41) is 2.96. The molecule has 19 heavy (non-hydrogen) atoms. The zero-order chi connectivity index (χ0) is 14.4. The fourth-order valence-corrected chi connectivity index (χ4v) is 1.85. The van der Waals surface area contributed by atoms with Crippen molar-refractivity contribution in [3.63, 3.8) is 0 Å². The van der Waals surface area contributed by atoms with Crippen molar-refractivity contribution in [3.05, 3.63) is 29.8 Å². The molecule has 0 heterocycles. The van der Waals surface area contributed by atoms with Crippen molar-refractivity contribution in [3.8, 4) is 5.75 Å². The SMILES string of the molecule is COc1ccccc1[C@H](C)NC(=O)CC(N)C(C)C. The normalized spacial score (nSPS) is 14.0. The molecule has 0 bridgehead atoms. The Morgan fingerprint density at radius 3 is 2.53 bits per heavy atom. The van der Waals surface area contributed by atoms with Crippen LogP contribution in [0.2, 0.25) is 0 Å². The van der Waals surface area contributed by atoms with Crippen molar-refractivity contribution in [2.75, 3.05) is 7.11 Å². The highest BCUT2D eigenvalue weighted by Gasteiger charge is 2.17. The highest BCUT2D eigenvalue weighted by molar-refractivity contribution is 5.77. The van der Waals surface area contributed by atoms with E-state index in [1.165, 1.54) is 0 Å². The van der Waals surface area contributed by atoms with Gasteiger partial charge < -0.3 is 15.8 Å². The minimum absolute atomic E-state index is 0.0281. The molecule has 106 valence electrons. The summed E-state index contributed by atoms with van der Waals surface area (Å²) in [5.74, 6) is 1.05. The number of nitrogens with two attached hydrogens (primary N) is 1. The first-order valence-electron chi connectivity index (χ1n) is 6.63. The maximum atomic E-state index is 11.9. The van der Waals surface area contributed by atoms with Crippen LogP contribution in [0.25, 0.3) is 0 Å². The number of benzene rings is 1. The molecular weight excluding hydrogens is 240 g/mol. The Labute approximate surface area is 115 Å². The summed E-state index contributed by atoms with van der Waals surface area (Å²) in [6, 6.07) is 7.48. The number of carbonyl (C=O) groups excluding carboxylic acids is 1. The Kier molecular flexibility index (Phi) is 5.83. The Morgan fingerprint density at radius 2 is 1.95 bits per heavy atom. The second-order valence-corrected chi connectivity index (χ2v) is 5.14. The van der Waals surface area contributed by atoms with Gasteiger partial charge in [0.15, 0.2) is 0 Å². The van der Waals surface area contributed by atoms with Crippen molar-refractivity contribution >= 4 is 5.91 Å². The van der Waals surface area contributed by atoms with Crippen LogP contribution in [0, 0.1) is 5.92 Å². The van der Waals surface area contributed by atoms with Crippen molar-refractivity contribution in [2.24, 2.45) is 11.7 Å². The monoisotopic (exact) mass is 264 g/mol. The summed E-state index contributed by atoms with van der Waals surface area (Å²) < 4.78 is 5.29. The summed E-state index contributed by atoms with van der Waals surface area (Å²) in [5.41, 5.74) is 6.87. The topological polar surface area (TPSA) is 64.3 Å². The first kappa shape index (κ1) is 15.5.